The second-order valence-electron chi connectivity index (χ2n) is 9.96. The Bertz CT molecular complexity index is 1030. The largest absolute Gasteiger partial charge is 0.356 e. The molecule has 2 saturated heterocycles. The van der Waals surface area contributed by atoms with Crippen LogP contribution in [-0.2, 0) is 4.79 Å². The molecule has 2 bridgehead atoms. The van der Waals surface area contributed by atoms with Gasteiger partial charge < -0.3 is 16.0 Å². The zero-order chi connectivity index (χ0) is 22.4. The van der Waals surface area contributed by atoms with Gasteiger partial charge in [-0.15, -0.1) is 0 Å². The Labute approximate surface area is 199 Å². The van der Waals surface area contributed by atoms with Crippen LogP contribution < -0.4 is 16.0 Å². The Morgan fingerprint density at radius 3 is 2.39 bits per heavy atom. The molecule has 2 aromatic carbocycles. The third-order valence-corrected chi connectivity index (χ3v) is 9.57. The number of fused-ring (bicyclic) bond motifs is 2. The molecule has 0 saturated carbocycles. The minimum atomic E-state index is -0.0312. The molecule has 0 radical (unpaired) electrons. The van der Waals surface area contributed by atoms with Crippen LogP contribution in [0.15, 0.2) is 48.5 Å². The number of urea groups is 1. The summed E-state index contributed by atoms with van der Waals surface area (Å²) in [5, 5.41) is 9.77. The van der Waals surface area contributed by atoms with Gasteiger partial charge in [0.1, 0.15) is 0 Å². The molecule has 5 aliphatic rings. The van der Waals surface area contributed by atoms with Crippen molar-refractivity contribution in [2.45, 2.75) is 61.3 Å². The van der Waals surface area contributed by atoms with E-state index in [4.69, 9.17) is 0 Å². The van der Waals surface area contributed by atoms with Crippen LogP contribution in [-0.4, -0.2) is 41.6 Å². The van der Waals surface area contributed by atoms with Crippen LogP contribution in [0.2, 0.25) is 0 Å². The summed E-state index contributed by atoms with van der Waals surface area (Å²) in [5.41, 5.74) is 5.86. The van der Waals surface area contributed by atoms with Crippen LogP contribution in [0.1, 0.15) is 66.2 Å². The third kappa shape index (κ3) is 3.82. The molecular formula is C27H31N3O2S. The van der Waals surface area contributed by atoms with Gasteiger partial charge in [-0.2, -0.15) is 11.8 Å². The summed E-state index contributed by atoms with van der Waals surface area (Å²) >= 11 is 1.94. The lowest BCUT2D eigenvalue weighted by Gasteiger charge is -2.45. The van der Waals surface area contributed by atoms with Gasteiger partial charge in [0.2, 0.25) is 5.91 Å². The maximum Gasteiger partial charge on any atom is 0.315 e. The predicted octanol–water partition coefficient (Wildman–Crippen LogP) is 4.13. The van der Waals surface area contributed by atoms with E-state index in [1.54, 1.807) is 0 Å². The van der Waals surface area contributed by atoms with Gasteiger partial charge in [0.05, 0.1) is 12.1 Å². The normalized spacial score (nSPS) is 30.7. The lowest BCUT2D eigenvalue weighted by Crippen LogP contribution is -2.39. The molecule has 2 fully saturated rings. The first-order valence-electron chi connectivity index (χ1n) is 12.3. The predicted molar refractivity (Wildman–Crippen MR) is 132 cm³/mol. The summed E-state index contributed by atoms with van der Waals surface area (Å²) in [7, 11) is 0. The fourth-order valence-corrected chi connectivity index (χ4v) is 8.11. The Balaban J connectivity index is 1.01. The highest BCUT2D eigenvalue weighted by Crippen LogP contribution is 2.55. The molecule has 4 atom stereocenters. The monoisotopic (exact) mass is 461 g/mol. The number of benzene rings is 2. The zero-order valence-electron chi connectivity index (χ0n) is 18.8. The fraction of sp³-hybridized carbons (Fsp3) is 0.481. The van der Waals surface area contributed by atoms with Crippen molar-refractivity contribution in [3.63, 3.8) is 0 Å². The van der Waals surface area contributed by atoms with Crippen LogP contribution in [0.3, 0.4) is 0 Å². The van der Waals surface area contributed by atoms with E-state index in [2.05, 4.69) is 64.5 Å². The summed E-state index contributed by atoms with van der Waals surface area (Å²) in [6, 6.07) is 18.2. The lowest BCUT2D eigenvalue weighted by molar-refractivity contribution is -0.121. The minimum absolute atomic E-state index is 0.0312. The Morgan fingerprint density at radius 2 is 1.67 bits per heavy atom. The van der Waals surface area contributed by atoms with Crippen molar-refractivity contribution in [3.05, 3.63) is 70.8 Å². The first kappa shape index (κ1) is 21.1. The number of carbonyl (C=O) groups is 2. The van der Waals surface area contributed by atoms with Gasteiger partial charge in [-0.05, 0) is 47.4 Å². The molecule has 2 heterocycles. The molecule has 3 N–H and O–H groups in total. The quantitative estimate of drug-likeness (QED) is 0.429. The average Bonchev–Trinajstić information content (AvgIpc) is 3.40. The van der Waals surface area contributed by atoms with Crippen molar-refractivity contribution in [1.29, 1.82) is 0 Å². The summed E-state index contributed by atoms with van der Waals surface area (Å²) in [4.78, 5) is 24.1. The van der Waals surface area contributed by atoms with E-state index in [0.717, 1.165) is 38.0 Å². The van der Waals surface area contributed by atoms with Gasteiger partial charge in [0.15, 0.2) is 0 Å². The van der Waals surface area contributed by atoms with Gasteiger partial charge >= 0.3 is 6.03 Å². The molecular weight excluding hydrogens is 430 g/mol. The Kier molecular flexibility index (Phi) is 5.57. The first-order chi connectivity index (χ1) is 16.2. The lowest BCUT2D eigenvalue weighted by atomic mass is 9.59. The van der Waals surface area contributed by atoms with E-state index in [1.807, 2.05) is 11.8 Å². The molecule has 2 aliphatic heterocycles. The number of unbranched alkanes of at least 4 members (excludes halogenated alkanes) is 1. The van der Waals surface area contributed by atoms with Crippen LogP contribution in [0.25, 0.3) is 0 Å². The molecule has 3 aliphatic carbocycles. The van der Waals surface area contributed by atoms with Crippen molar-refractivity contribution >= 4 is 23.7 Å². The number of nitrogens with one attached hydrogen (secondary N) is 3. The standard InChI is InChI=1S/C27H31N3O2S/c31-24(12-6-5-11-23-26-22(15-33-23)29-27(32)30-26)28-14-16-13-21-17-7-1-3-9-19(17)25(16)20-10-4-2-8-18(20)21/h1-4,7-10,16,21-23,25-26H,5-6,11-15H2,(H,28,31)(H2,29,30,32)/t16-,21?,22-,23-,25?,26-/m0/s1. The molecule has 0 spiro atoms. The second-order valence-corrected chi connectivity index (χ2v) is 11.2. The smallest absolute Gasteiger partial charge is 0.315 e. The fourth-order valence-electron chi connectivity index (χ4n) is 6.57. The van der Waals surface area contributed by atoms with Crippen LogP contribution in [0.4, 0.5) is 4.79 Å². The van der Waals surface area contributed by atoms with Gasteiger partial charge in [-0.1, -0.05) is 55.0 Å². The summed E-state index contributed by atoms with van der Waals surface area (Å²) in [6.07, 6.45) is 4.69. The van der Waals surface area contributed by atoms with Crippen LogP contribution >= 0.6 is 11.8 Å². The van der Waals surface area contributed by atoms with Gasteiger partial charge in [0, 0.05) is 35.8 Å². The third-order valence-electron chi connectivity index (χ3n) is 8.06. The molecule has 0 aromatic heterocycles. The van der Waals surface area contributed by atoms with Crippen molar-refractivity contribution in [1.82, 2.24) is 16.0 Å². The van der Waals surface area contributed by atoms with E-state index >= 15 is 0 Å². The minimum Gasteiger partial charge on any atom is -0.356 e. The van der Waals surface area contributed by atoms with Crippen molar-refractivity contribution in [3.8, 4) is 0 Å². The van der Waals surface area contributed by atoms with E-state index in [9.17, 15) is 9.59 Å². The topological polar surface area (TPSA) is 70.2 Å². The molecule has 7 rings (SSSR count). The molecule has 6 heteroatoms. The van der Waals surface area contributed by atoms with Gasteiger partial charge in [-0.25, -0.2) is 4.79 Å². The highest BCUT2D eigenvalue weighted by Gasteiger charge is 2.43. The molecule has 172 valence electrons. The van der Waals surface area contributed by atoms with E-state index in [-0.39, 0.29) is 24.0 Å². The Morgan fingerprint density at radius 1 is 0.970 bits per heavy atom. The SMILES string of the molecule is O=C(CCCC[C@@H]1SC[C@@H]2NC(=O)N[C@@H]21)NC[C@@H]1CC2c3ccccc3C1c1ccccc12. The molecule has 2 aromatic rings. The number of thioether (sulfide) groups is 1. The number of hydrogen-bond acceptors (Lipinski definition) is 3. The maximum absolute atomic E-state index is 12.6. The number of rotatable bonds is 7. The van der Waals surface area contributed by atoms with E-state index in [1.165, 1.54) is 22.3 Å². The number of hydrogen-bond donors (Lipinski definition) is 3. The van der Waals surface area contributed by atoms with Gasteiger partial charge in [-0.3, -0.25) is 4.79 Å². The van der Waals surface area contributed by atoms with E-state index in [0.29, 0.717) is 29.4 Å². The molecule has 0 unspecified atom stereocenters. The molecule has 5 nitrogen and oxygen atoms in total. The Hall–Kier alpha value is -2.47. The van der Waals surface area contributed by atoms with Crippen molar-refractivity contribution in [2.75, 3.05) is 12.3 Å². The first-order valence-corrected chi connectivity index (χ1v) is 13.4. The summed E-state index contributed by atoms with van der Waals surface area (Å²) in [6.45, 7) is 0.753. The van der Waals surface area contributed by atoms with Crippen molar-refractivity contribution in [2.24, 2.45) is 5.92 Å². The van der Waals surface area contributed by atoms with Gasteiger partial charge in [0.25, 0.3) is 0 Å². The summed E-state index contributed by atoms with van der Waals surface area (Å²) < 4.78 is 0. The molecule has 33 heavy (non-hydrogen) atoms. The second kappa shape index (κ2) is 8.71. The highest BCUT2D eigenvalue weighted by atomic mass is 32.2. The number of amides is 3. The van der Waals surface area contributed by atoms with Crippen LogP contribution in [0, 0.1) is 5.92 Å². The maximum atomic E-state index is 12.6. The van der Waals surface area contributed by atoms with E-state index < -0.39 is 0 Å². The van der Waals surface area contributed by atoms with Crippen LogP contribution in [0.5, 0.6) is 0 Å². The molecule has 3 amide bonds. The highest BCUT2D eigenvalue weighted by molar-refractivity contribution is 8.00. The zero-order valence-corrected chi connectivity index (χ0v) is 19.6. The average molecular weight is 462 g/mol. The number of carbonyl (C=O) groups excluding carboxylic acids is 2. The van der Waals surface area contributed by atoms with Crippen molar-refractivity contribution < 1.29 is 9.59 Å². The summed E-state index contributed by atoms with van der Waals surface area (Å²) in [5.74, 6) is 2.44.